The quantitative estimate of drug-likeness (QED) is 0.838. The van der Waals surface area contributed by atoms with Gasteiger partial charge in [0.2, 0.25) is 0 Å². The average molecular weight is 259 g/mol. The van der Waals surface area contributed by atoms with E-state index in [0.717, 1.165) is 4.47 Å². The van der Waals surface area contributed by atoms with Crippen LogP contribution in [0, 0.1) is 0 Å². The van der Waals surface area contributed by atoms with Gasteiger partial charge in [0.1, 0.15) is 12.4 Å². The number of pyridine rings is 1. The number of hydrogen-bond acceptors (Lipinski definition) is 4. The zero-order chi connectivity index (χ0) is 10.4. The topological polar surface area (TPSA) is 51.2 Å². The van der Waals surface area contributed by atoms with Gasteiger partial charge in [-0.25, -0.2) is 4.98 Å². The summed E-state index contributed by atoms with van der Waals surface area (Å²) in [4.78, 5) is 15.0. The second-order valence-electron chi connectivity index (χ2n) is 2.52. The van der Waals surface area contributed by atoms with Gasteiger partial charge >= 0.3 is 5.97 Å². The van der Waals surface area contributed by atoms with Crippen molar-refractivity contribution in [3.8, 4) is 0 Å². The fourth-order valence-electron chi connectivity index (χ4n) is 0.855. The van der Waals surface area contributed by atoms with Gasteiger partial charge in [0.05, 0.1) is 6.61 Å². The largest absolute Gasteiger partial charge is 0.465 e. The molecule has 1 N–H and O–H groups in total. The highest BCUT2D eigenvalue weighted by Gasteiger charge is 2.00. The minimum atomic E-state index is -0.280. The Hall–Kier alpha value is -1.10. The molecule has 0 aromatic carbocycles. The van der Waals surface area contributed by atoms with Crippen LogP contribution in [0.3, 0.4) is 0 Å². The number of esters is 1. The van der Waals surface area contributed by atoms with Gasteiger partial charge in [-0.15, -0.1) is 0 Å². The van der Waals surface area contributed by atoms with Crippen LogP contribution in [0.25, 0.3) is 0 Å². The van der Waals surface area contributed by atoms with Crippen LogP contribution < -0.4 is 5.32 Å². The number of hydrogen-bond donors (Lipinski definition) is 1. The van der Waals surface area contributed by atoms with Crippen molar-refractivity contribution in [3.05, 3.63) is 22.8 Å². The van der Waals surface area contributed by atoms with Gasteiger partial charge < -0.3 is 10.1 Å². The third-order valence-corrected chi connectivity index (χ3v) is 1.92. The molecular weight excluding hydrogens is 248 g/mol. The molecule has 0 saturated carbocycles. The molecular formula is C9H11BrN2O2. The molecule has 76 valence electrons. The summed E-state index contributed by atoms with van der Waals surface area (Å²) in [6.07, 6.45) is 1.66. The zero-order valence-corrected chi connectivity index (χ0v) is 9.37. The van der Waals surface area contributed by atoms with E-state index in [2.05, 4.69) is 26.2 Å². The third kappa shape index (κ3) is 3.74. The summed E-state index contributed by atoms with van der Waals surface area (Å²) in [5.74, 6) is 0.374. The summed E-state index contributed by atoms with van der Waals surface area (Å²) in [5, 5.41) is 2.85. The Kier molecular flexibility index (Phi) is 4.39. The lowest BCUT2D eigenvalue weighted by Gasteiger charge is -2.04. The van der Waals surface area contributed by atoms with Crippen molar-refractivity contribution < 1.29 is 9.53 Å². The van der Waals surface area contributed by atoms with E-state index in [1.54, 1.807) is 19.2 Å². The lowest BCUT2D eigenvalue weighted by Crippen LogP contribution is -2.17. The molecule has 0 radical (unpaired) electrons. The summed E-state index contributed by atoms with van der Waals surface area (Å²) in [6, 6.07) is 3.63. The van der Waals surface area contributed by atoms with E-state index >= 15 is 0 Å². The van der Waals surface area contributed by atoms with Crippen molar-refractivity contribution in [1.29, 1.82) is 0 Å². The van der Waals surface area contributed by atoms with E-state index in [0.29, 0.717) is 12.4 Å². The molecule has 14 heavy (non-hydrogen) atoms. The molecule has 0 unspecified atom stereocenters. The molecule has 4 nitrogen and oxygen atoms in total. The van der Waals surface area contributed by atoms with Crippen LogP contribution in [-0.2, 0) is 9.53 Å². The molecule has 1 aromatic heterocycles. The van der Waals surface area contributed by atoms with Crippen LogP contribution in [0.5, 0.6) is 0 Å². The summed E-state index contributed by atoms with van der Waals surface area (Å²) < 4.78 is 5.65. The van der Waals surface area contributed by atoms with Crippen molar-refractivity contribution in [2.45, 2.75) is 6.92 Å². The van der Waals surface area contributed by atoms with E-state index in [4.69, 9.17) is 4.74 Å². The monoisotopic (exact) mass is 258 g/mol. The molecule has 1 aromatic rings. The number of nitrogens with zero attached hydrogens (tertiary/aromatic N) is 1. The Morgan fingerprint density at radius 2 is 2.43 bits per heavy atom. The lowest BCUT2D eigenvalue weighted by molar-refractivity contribution is -0.140. The van der Waals surface area contributed by atoms with Gasteiger partial charge in [0, 0.05) is 10.7 Å². The maximum absolute atomic E-state index is 11.0. The van der Waals surface area contributed by atoms with E-state index in [-0.39, 0.29) is 12.5 Å². The summed E-state index contributed by atoms with van der Waals surface area (Å²) in [5.41, 5.74) is 0. The first kappa shape index (κ1) is 11.0. The van der Waals surface area contributed by atoms with Crippen LogP contribution in [0.2, 0.25) is 0 Å². The molecule has 5 heteroatoms. The van der Waals surface area contributed by atoms with Gasteiger partial charge in [-0.2, -0.15) is 0 Å². The fraction of sp³-hybridized carbons (Fsp3) is 0.333. The predicted octanol–water partition coefficient (Wildman–Crippen LogP) is 1.82. The summed E-state index contributed by atoms with van der Waals surface area (Å²) in [7, 11) is 0. The molecule has 0 amide bonds. The summed E-state index contributed by atoms with van der Waals surface area (Å²) in [6.45, 7) is 2.31. The Morgan fingerprint density at radius 1 is 1.64 bits per heavy atom. The number of carbonyl (C=O) groups is 1. The van der Waals surface area contributed by atoms with Gasteiger partial charge in [-0.1, -0.05) is 0 Å². The lowest BCUT2D eigenvalue weighted by atomic mass is 10.4. The molecule has 0 spiro atoms. The number of anilines is 1. The van der Waals surface area contributed by atoms with Crippen molar-refractivity contribution >= 4 is 27.7 Å². The van der Waals surface area contributed by atoms with E-state index in [1.165, 1.54) is 0 Å². The normalized spacial score (nSPS) is 9.57. The van der Waals surface area contributed by atoms with Crippen molar-refractivity contribution in [2.75, 3.05) is 18.5 Å². The minimum Gasteiger partial charge on any atom is -0.465 e. The highest BCUT2D eigenvalue weighted by Crippen LogP contribution is 2.09. The van der Waals surface area contributed by atoms with Gasteiger partial charge in [0.25, 0.3) is 0 Å². The summed E-state index contributed by atoms with van der Waals surface area (Å²) >= 11 is 3.27. The van der Waals surface area contributed by atoms with E-state index < -0.39 is 0 Å². The van der Waals surface area contributed by atoms with E-state index in [9.17, 15) is 4.79 Å². The number of ether oxygens (including phenoxy) is 1. The molecule has 0 atom stereocenters. The van der Waals surface area contributed by atoms with E-state index in [1.807, 2.05) is 6.07 Å². The second-order valence-corrected chi connectivity index (χ2v) is 3.44. The Labute approximate surface area is 90.8 Å². The Balaban J connectivity index is 2.38. The molecule has 0 aliphatic rings. The second kappa shape index (κ2) is 5.59. The third-order valence-electron chi connectivity index (χ3n) is 1.45. The molecule has 0 aliphatic heterocycles. The van der Waals surface area contributed by atoms with Crippen molar-refractivity contribution in [1.82, 2.24) is 4.98 Å². The molecule has 0 bridgehead atoms. The van der Waals surface area contributed by atoms with Crippen LogP contribution >= 0.6 is 15.9 Å². The Morgan fingerprint density at radius 3 is 3.00 bits per heavy atom. The maximum Gasteiger partial charge on any atom is 0.325 e. The SMILES string of the molecule is CCOC(=O)CNc1ccc(Br)cn1. The first-order valence-electron chi connectivity index (χ1n) is 4.23. The Bertz CT molecular complexity index is 300. The fourth-order valence-corrected chi connectivity index (χ4v) is 1.09. The zero-order valence-electron chi connectivity index (χ0n) is 7.79. The number of aromatic nitrogens is 1. The highest BCUT2D eigenvalue weighted by molar-refractivity contribution is 9.10. The van der Waals surface area contributed by atoms with Crippen LogP contribution in [-0.4, -0.2) is 24.1 Å². The average Bonchev–Trinajstić information content (AvgIpc) is 2.17. The maximum atomic E-state index is 11.0. The molecule has 1 heterocycles. The molecule has 1 rings (SSSR count). The first-order valence-corrected chi connectivity index (χ1v) is 5.02. The number of nitrogens with one attached hydrogen (secondary N) is 1. The van der Waals surface area contributed by atoms with Crippen molar-refractivity contribution in [2.24, 2.45) is 0 Å². The van der Waals surface area contributed by atoms with Gasteiger partial charge in [0.15, 0.2) is 0 Å². The smallest absolute Gasteiger partial charge is 0.325 e. The van der Waals surface area contributed by atoms with Crippen LogP contribution in [0.1, 0.15) is 6.92 Å². The standard InChI is InChI=1S/C9H11BrN2O2/c1-2-14-9(13)6-12-8-4-3-7(10)5-11-8/h3-5H,2,6H2,1H3,(H,11,12). The van der Waals surface area contributed by atoms with Crippen LogP contribution in [0.4, 0.5) is 5.82 Å². The van der Waals surface area contributed by atoms with Crippen molar-refractivity contribution in [3.63, 3.8) is 0 Å². The minimum absolute atomic E-state index is 0.141. The highest BCUT2D eigenvalue weighted by atomic mass is 79.9. The molecule has 0 fully saturated rings. The number of rotatable bonds is 4. The molecule has 0 saturated heterocycles. The first-order chi connectivity index (χ1) is 6.72. The predicted molar refractivity (Wildman–Crippen MR) is 57.1 cm³/mol. The van der Waals surface area contributed by atoms with Gasteiger partial charge in [-0.05, 0) is 35.0 Å². The van der Waals surface area contributed by atoms with Crippen LogP contribution in [0.15, 0.2) is 22.8 Å². The van der Waals surface area contributed by atoms with Gasteiger partial charge in [-0.3, -0.25) is 4.79 Å². The number of carbonyl (C=O) groups excluding carboxylic acids is 1. The number of halogens is 1. The molecule has 0 aliphatic carbocycles.